The van der Waals surface area contributed by atoms with Crippen LogP contribution in [-0.4, -0.2) is 28.6 Å². The van der Waals surface area contributed by atoms with E-state index >= 15 is 0 Å². The van der Waals surface area contributed by atoms with E-state index in [9.17, 15) is 0 Å². The zero-order valence-electron chi connectivity index (χ0n) is 14.3. The van der Waals surface area contributed by atoms with Crippen LogP contribution in [0.15, 0.2) is 42.5 Å². The van der Waals surface area contributed by atoms with Crippen molar-refractivity contribution in [3.05, 3.63) is 58.9 Å². The highest BCUT2D eigenvalue weighted by molar-refractivity contribution is 6.29. The van der Waals surface area contributed by atoms with Crippen LogP contribution in [0.5, 0.6) is 5.75 Å². The summed E-state index contributed by atoms with van der Waals surface area (Å²) in [6, 6.07) is 13.5. The van der Waals surface area contributed by atoms with Crippen molar-refractivity contribution in [3.63, 3.8) is 0 Å². The van der Waals surface area contributed by atoms with E-state index in [1.165, 1.54) is 0 Å². The quantitative estimate of drug-likeness (QED) is 0.715. The molecular weight excluding hydrogens is 350 g/mol. The van der Waals surface area contributed by atoms with Gasteiger partial charge >= 0.3 is 0 Å². The number of fused-ring (bicyclic) bond motifs is 1. The Hall–Kier alpha value is -2.86. The van der Waals surface area contributed by atoms with E-state index in [0.717, 1.165) is 47.0 Å². The highest BCUT2D eigenvalue weighted by Gasteiger charge is 2.20. The van der Waals surface area contributed by atoms with Crippen LogP contribution in [0.4, 0.5) is 11.8 Å². The maximum atomic E-state index is 5.99. The van der Waals surface area contributed by atoms with Crippen molar-refractivity contribution in [2.24, 2.45) is 0 Å². The molecular formula is C19H18ClN5O. The molecule has 1 aliphatic heterocycles. The molecule has 0 radical (unpaired) electrons. The molecule has 0 unspecified atom stereocenters. The van der Waals surface area contributed by atoms with Gasteiger partial charge in [-0.3, -0.25) is 0 Å². The lowest BCUT2D eigenvalue weighted by Gasteiger charge is -2.29. The molecule has 3 heterocycles. The second-order valence-corrected chi connectivity index (χ2v) is 6.50. The van der Waals surface area contributed by atoms with Crippen LogP contribution in [0.3, 0.4) is 0 Å². The van der Waals surface area contributed by atoms with Crippen LogP contribution in [0.25, 0.3) is 11.3 Å². The molecule has 0 spiro atoms. The van der Waals surface area contributed by atoms with Gasteiger partial charge in [-0.1, -0.05) is 29.8 Å². The number of halogens is 1. The first kappa shape index (κ1) is 16.6. The minimum absolute atomic E-state index is 0.250. The van der Waals surface area contributed by atoms with E-state index in [1.54, 1.807) is 7.11 Å². The number of rotatable bonds is 3. The number of aromatic nitrogens is 3. The predicted molar refractivity (Wildman–Crippen MR) is 102 cm³/mol. The third kappa shape index (κ3) is 3.28. The second kappa shape index (κ2) is 6.80. The maximum absolute atomic E-state index is 5.99. The Morgan fingerprint density at radius 2 is 2.00 bits per heavy atom. The number of nitrogen functional groups attached to an aromatic ring is 1. The first-order chi connectivity index (χ1) is 12.6. The predicted octanol–water partition coefficient (Wildman–Crippen LogP) is 3.35. The average Bonchev–Trinajstić information content (AvgIpc) is 2.67. The SMILES string of the molecule is COc1cccc(-c2cc(N3CCc4nc(Cl)ccc4C3)nc(N)n2)c1. The van der Waals surface area contributed by atoms with Crippen LogP contribution in [0.1, 0.15) is 11.3 Å². The first-order valence-corrected chi connectivity index (χ1v) is 8.68. The number of hydrogen-bond donors (Lipinski definition) is 1. The molecule has 0 saturated heterocycles. The Labute approximate surface area is 156 Å². The summed E-state index contributed by atoms with van der Waals surface area (Å²) in [5, 5.41) is 0.531. The summed E-state index contributed by atoms with van der Waals surface area (Å²) in [4.78, 5) is 15.4. The third-order valence-electron chi connectivity index (χ3n) is 4.43. The van der Waals surface area contributed by atoms with Crippen molar-refractivity contribution in [1.29, 1.82) is 0 Å². The Morgan fingerprint density at radius 1 is 1.12 bits per heavy atom. The van der Waals surface area contributed by atoms with Gasteiger partial charge in [0.2, 0.25) is 5.95 Å². The monoisotopic (exact) mass is 367 g/mol. The fourth-order valence-electron chi connectivity index (χ4n) is 3.13. The number of benzene rings is 1. The standard InChI is InChI=1S/C19H18ClN5O/c1-26-14-4-2-3-12(9-14)16-10-18(24-19(21)23-16)25-8-7-15-13(11-25)5-6-17(20)22-15/h2-6,9-10H,7-8,11H2,1H3,(H2,21,23,24). The Morgan fingerprint density at radius 3 is 2.85 bits per heavy atom. The van der Waals surface area contributed by atoms with Gasteiger partial charge < -0.3 is 15.4 Å². The molecule has 4 rings (SSSR count). The highest BCUT2D eigenvalue weighted by atomic mass is 35.5. The molecule has 132 valence electrons. The molecule has 2 N–H and O–H groups in total. The summed E-state index contributed by atoms with van der Waals surface area (Å²) in [5.74, 6) is 1.83. The summed E-state index contributed by atoms with van der Waals surface area (Å²) in [6.07, 6.45) is 0.814. The van der Waals surface area contributed by atoms with Crippen molar-refractivity contribution in [2.75, 3.05) is 24.3 Å². The molecule has 0 aliphatic carbocycles. The first-order valence-electron chi connectivity index (χ1n) is 8.30. The molecule has 0 saturated carbocycles. The number of methoxy groups -OCH3 is 1. The molecule has 26 heavy (non-hydrogen) atoms. The molecule has 1 aliphatic rings. The summed E-state index contributed by atoms with van der Waals surface area (Å²) in [6.45, 7) is 1.52. The maximum Gasteiger partial charge on any atom is 0.222 e. The number of hydrogen-bond acceptors (Lipinski definition) is 6. The van der Waals surface area contributed by atoms with E-state index in [1.807, 2.05) is 42.5 Å². The summed E-state index contributed by atoms with van der Waals surface area (Å²) >= 11 is 5.99. The van der Waals surface area contributed by atoms with Crippen LogP contribution in [-0.2, 0) is 13.0 Å². The van der Waals surface area contributed by atoms with Crippen molar-refractivity contribution in [1.82, 2.24) is 15.0 Å². The van der Waals surface area contributed by atoms with Crippen molar-refractivity contribution in [2.45, 2.75) is 13.0 Å². The second-order valence-electron chi connectivity index (χ2n) is 6.11. The number of nitrogens with zero attached hydrogens (tertiary/aromatic N) is 4. The lowest BCUT2D eigenvalue weighted by atomic mass is 10.1. The average molecular weight is 368 g/mol. The normalized spacial score (nSPS) is 13.4. The molecule has 0 atom stereocenters. The van der Waals surface area contributed by atoms with Gasteiger partial charge in [-0.2, -0.15) is 4.98 Å². The Bertz CT molecular complexity index is 962. The van der Waals surface area contributed by atoms with Gasteiger partial charge in [-0.15, -0.1) is 0 Å². The number of anilines is 2. The molecule has 0 fully saturated rings. The Balaban J connectivity index is 1.67. The molecule has 3 aromatic rings. The van der Waals surface area contributed by atoms with Crippen molar-refractivity contribution in [3.8, 4) is 17.0 Å². The molecule has 1 aromatic carbocycles. The molecule has 7 heteroatoms. The fraction of sp³-hybridized carbons (Fsp3) is 0.211. The summed E-state index contributed by atoms with van der Waals surface area (Å²) in [7, 11) is 1.64. The van der Waals surface area contributed by atoms with Crippen molar-refractivity contribution < 1.29 is 4.74 Å². The fourth-order valence-corrected chi connectivity index (χ4v) is 3.29. The van der Waals surface area contributed by atoms with Gasteiger partial charge in [0, 0.05) is 36.8 Å². The molecule has 0 bridgehead atoms. The minimum Gasteiger partial charge on any atom is -0.497 e. The molecule has 2 aromatic heterocycles. The zero-order chi connectivity index (χ0) is 18.1. The van der Waals surface area contributed by atoms with E-state index in [0.29, 0.717) is 11.7 Å². The van der Waals surface area contributed by atoms with Crippen molar-refractivity contribution >= 4 is 23.4 Å². The van der Waals surface area contributed by atoms with Gasteiger partial charge in [0.25, 0.3) is 0 Å². The van der Waals surface area contributed by atoms with Gasteiger partial charge in [-0.05, 0) is 23.8 Å². The minimum atomic E-state index is 0.250. The van der Waals surface area contributed by atoms with Crippen LogP contribution >= 0.6 is 11.6 Å². The molecule has 6 nitrogen and oxygen atoms in total. The van der Waals surface area contributed by atoms with Gasteiger partial charge in [0.1, 0.15) is 16.7 Å². The van der Waals surface area contributed by atoms with Gasteiger partial charge in [0.15, 0.2) is 0 Å². The number of ether oxygens (including phenoxy) is 1. The zero-order valence-corrected chi connectivity index (χ0v) is 15.1. The Kier molecular flexibility index (Phi) is 4.34. The lowest BCUT2D eigenvalue weighted by molar-refractivity contribution is 0.415. The van der Waals surface area contributed by atoms with E-state index in [-0.39, 0.29) is 5.95 Å². The van der Waals surface area contributed by atoms with Gasteiger partial charge in [-0.25, -0.2) is 9.97 Å². The lowest BCUT2D eigenvalue weighted by Crippen LogP contribution is -2.31. The number of nitrogens with two attached hydrogens (primary N) is 1. The topological polar surface area (TPSA) is 77.2 Å². The van der Waals surface area contributed by atoms with E-state index < -0.39 is 0 Å². The molecule has 0 amide bonds. The van der Waals surface area contributed by atoms with E-state index in [4.69, 9.17) is 22.1 Å². The smallest absolute Gasteiger partial charge is 0.222 e. The highest BCUT2D eigenvalue weighted by Crippen LogP contribution is 2.28. The summed E-state index contributed by atoms with van der Waals surface area (Å²) < 4.78 is 5.30. The van der Waals surface area contributed by atoms with Crippen LogP contribution < -0.4 is 15.4 Å². The van der Waals surface area contributed by atoms with Crippen LogP contribution in [0, 0.1) is 0 Å². The largest absolute Gasteiger partial charge is 0.497 e. The number of pyridine rings is 1. The van der Waals surface area contributed by atoms with Crippen LogP contribution in [0.2, 0.25) is 5.15 Å². The van der Waals surface area contributed by atoms with E-state index in [2.05, 4.69) is 19.9 Å². The third-order valence-corrected chi connectivity index (χ3v) is 4.64. The van der Waals surface area contributed by atoms with Gasteiger partial charge in [0.05, 0.1) is 12.8 Å². The summed E-state index contributed by atoms with van der Waals surface area (Å²) in [5.41, 5.74) is 9.88.